The molecule has 0 atom stereocenters. The van der Waals surface area contributed by atoms with Crippen LogP contribution in [0.4, 0.5) is 0 Å². The van der Waals surface area contributed by atoms with Gasteiger partial charge in [-0.1, -0.05) is 0 Å². The maximum Gasteiger partial charge on any atom is -1.00 e. The molecule has 0 aromatic rings. The Kier molecular flexibility index (Phi) is 14.2. The Balaban J connectivity index is 0.00000512. The molecule has 0 saturated carbocycles. The molecule has 9 heteroatoms. The van der Waals surface area contributed by atoms with Crippen molar-refractivity contribution in [3.8, 4) is 0 Å². The van der Waals surface area contributed by atoms with Crippen molar-refractivity contribution in [2.45, 2.75) is 90.4 Å². The van der Waals surface area contributed by atoms with Crippen molar-refractivity contribution in [1.29, 1.82) is 0 Å². The van der Waals surface area contributed by atoms with E-state index in [0.29, 0.717) is 0 Å². The van der Waals surface area contributed by atoms with Gasteiger partial charge in [0.05, 0.1) is 0 Å². The minimum absolute atomic E-state index is 0. The first-order valence-corrected chi connectivity index (χ1v) is 27.6. The Morgan fingerprint density at radius 2 is 0.970 bits per heavy atom. The topological polar surface area (TPSA) is 18.5 Å². The van der Waals surface area contributed by atoms with E-state index in [9.17, 15) is 0 Å². The van der Waals surface area contributed by atoms with Gasteiger partial charge in [-0.15, -0.1) is 0 Å². The zero-order valence-electron chi connectivity index (χ0n) is 22.6. The van der Waals surface area contributed by atoms with Crippen LogP contribution in [0.5, 0.6) is 0 Å². The molecule has 2 nitrogen and oxygen atoms in total. The Morgan fingerprint density at radius 1 is 0.636 bits per heavy atom. The van der Waals surface area contributed by atoms with E-state index in [1.54, 1.807) is 10.4 Å². The molecule has 0 bridgehead atoms. The summed E-state index contributed by atoms with van der Waals surface area (Å²) in [6, 6.07) is 2.52. The molecule has 0 aromatic carbocycles. The van der Waals surface area contributed by atoms with Crippen LogP contribution in [0.15, 0.2) is 41.3 Å². The minimum Gasteiger partial charge on any atom is -1.00 e. The van der Waals surface area contributed by atoms with E-state index in [2.05, 4.69) is 89.8 Å². The molecule has 0 amide bonds. The van der Waals surface area contributed by atoms with E-state index in [1.165, 1.54) is 24.9 Å². The van der Waals surface area contributed by atoms with Gasteiger partial charge in [-0.2, -0.15) is 0 Å². The van der Waals surface area contributed by atoms with Gasteiger partial charge >= 0.3 is 210 Å². The fraction of sp³-hybridized carbons (Fsp3) is 0.667. The van der Waals surface area contributed by atoms with Gasteiger partial charge in [0.15, 0.2) is 0 Å². The van der Waals surface area contributed by atoms with Crippen LogP contribution >= 0.6 is 0 Å². The van der Waals surface area contributed by atoms with Gasteiger partial charge in [0, 0.05) is 0 Å². The zero-order chi connectivity index (χ0) is 23.5. The van der Waals surface area contributed by atoms with Crippen LogP contribution in [0.25, 0.3) is 0 Å². The van der Waals surface area contributed by atoms with Gasteiger partial charge in [0.2, 0.25) is 0 Å². The van der Waals surface area contributed by atoms with Crippen LogP contribution in [-0.2, 0) is 32.1 Å². The van der Waals surface area contributed by atoms with Crippen molar-refractivity contribution in [1.82, 2.24) is 0 Å². The minimum atomic E-state index is -1.43. The standard InChI is InChI=1S/2C12H23OSi2.2ClH.Zr/c2*1-14(2,3)13-10-11-15(4,5)12-8-6-7-9-12;;;/h2*6,8H,7,10-11H2,1-5H3;2*1H;/q;;;;+2/p-2. The number of halogens is 2. The molecule has 33 heavy (non-hydrogen) atoms. The van der Waals surface area contributed by atoms with Crippen molar-refractivity contribution in [2.24, 2.45) is 0 Å². The van der Waals surface area contributed by atoms with Gasteiger partial charge in [0.25, 0.3) is 0 Å². The summed E-state index contributed by atoms with van der Waals surface area (Å²) in [5.74, 6) is 0. The van der Waals surface area contributed by atoms with E-state index in [-0.39, 0.29) is 24.8 Å². The molecule has 2 rings (SSSR count). The Hall–Kier alpha value is 1.21. The summed E-state index contributed by atoms with van der Waals surface area (Å²) in [5.41, 5.74) is 0. The van der Waals surface area contributed by atoms with E-state index in [0.717, 1.165) is 13.2 Å². The maximum atomic E-state index is 6.23. The molecule has 2 aliphatic rings. The molecule has 0 aliphatic heterocycles. The summed E-state index contributed by atoms with van der Waals surface area (Å²) in [4.78, 5) is 0. The molecule has 0 saturated heterocycles. The number of allylic oxidation sites excluding steroid dienone is 8. The Morgan fingerprint density at radius 3 is 1.27 bits per heavy atom. The van der Waals surface area contributed by atoms with E-state index < -0.39 is 56.0 Å². The molecule has 0 unspecified atom stereocenters. The van der Waals surface area contributed by atoms with Crippen LogP contribution in [0.3, 0.4) is 0 Å². The number of rotatable bonds is 12. The smallest absolute Gasteiger partial charge is 1.00 e. The predicted molar refractivity (Wildman–Crippen MR) is 145 cm³/mol. The molecule has 0 radical (unpaired) electrons. The van der Waals surface area contributed by atoms with E-state index in [1.807, 2.05) is 6.56 Å². The zero-order valence-corrected chi connectivity index (χ0v) is 30.6. The third kappa shape index (κ3) is 11.4. The van der Waals surface area contributed by atoms with Gasteiger partial charge in [-0.25, -0.2) is 0 Å². The summed E-state index contributed by atoms with van der Waals surface area (Å²) >= 11 is -0.696. The molecule has 0 heterocycles. The van der Waals surface area contributed by atoms with E-state index in [4.69, 9.17) is 8.85 Å². The summed E-state index contributed by atoms with van der Waals surface area (Å²) in [5, 5.41) is 3.55. The van der Waals surface area contributed by atoms with Crippen LogP contribution in [0, 0.1) is 0 Å². The monoisotopic (exact) mass is 638 g/mol. The summed E-state index contributed by atoms with van der Waals surface area (Å²) in [6.07, 6.45) is 12.4. The molecular formula is C24H46Cl2O2Si4Zr. The Bertz CT molecular complexity index is 712. The van der Waals surface area contributed by atoms with Crippen molar-refractivity contribution in [2.75, 3.05) is 13.2 Å². The van der Waals surface area contributed by atoms with Crippen LogP contribution in [-0.4, -0.2) is 46.0 Å². The summed E-state index contributed by atoms with van der Waals surface area (Å²) in [7, 11) is -5.69. The molecule has 2 aliphatic carbocycles. The first-order chi connectivity index (χ1) is 14.1. The molecule has 0 N–H and O–H groups in total. The van der Waals surface area contributed by atoms with Crippen molar-refractivity contribution in [3.63, 3.8) is 0 Å². The fourth-order valence-electron chi connectivity index (χ4n) is 4.19. The second-order valence-corrected chi connectivity index (χ2v) is 34.5. The number of hydrogen-bond acceptors (Lipinski definition) is 2. The molecular weight excluding hydrogens is 595 g/mol. The maximum absolute atomic E-state index is 6.23. The third-order valence-electron chi connectivity index (χ3n) is 6.15. The molecule has 0 spiro atoms. The fourth-order valence-corrected chi connectivity index (χ4v) is 19.5. The van der Waals surface area contributed by atoms with Crippen LogP contribution < -0.4 is 24.8 Å². The Labute approximate surface area is 232 Å². The third-order valence-corrected chi connectivity index (χ3v) is 20.1. The normalized spacial score (nSPS) is 16.8. The average Bonchev–Trinajstić information content (AvgIpc) is 3.22. The van der Waals surface area contributed by atoms with Gasteiger partial charge < -0.3 is 24.8 Å². The van der Waals surface area contributed by atoms with Crippen LogP contribution in [0.2, 0.25) is 77.6 Å². The summed E-state index contributed by atoms with van der Waals surface area (Å²) in [6.45, 7) is 26.0. The first kappa shape index (κ1) is 34.2. The average molecular weight is 641 g/mol. The quantitative estimate of drug-likeness (QED) is 0.303. The molecule has 0 aromatic heterocycles. The van der Waals surface area contributed by atoms with Gasteiger partial charge in [-0.3, -0.25) is 0 Å². The largest absolute Gasteiger partial charge is 1.00 e. The van der Waals surface area contributed by atoms with Crippen molar-refractivity contribution >= 4 is 32.8 Å². The van der Waals surface area contributed by atoms with Crippen molar-refractivity contribution < 1.29 is 56.9 Å². The predicted octanol–water partition coefficient (Wildman–Crippen LogP) is 1.70. The SMILES string of the molecule is C[Si](C)(C)OCC[Si](C)(C)C1=[C]([Zr+2][C]2=C([Si](C)(C)CCO[Si](C)(C)C)C=CC2)CC=C1.[Cl-].[Cl-]. The van der Waals surface area contributed by atoms with E-state index >= 15 is 0 Å². The van der Waals surface area contributed by atoms with Crippen LogP contribution in [0.1, 0.15) is 12.8 Å². The second kappa shape index (κ2) is 13.7. The second-order valence-electron chi connectivity index (χ2n) is 12.3. The van der Waals surface area contributed by atoms with Crippen molar-refractivity contribution in [3.05, 3.63) is 41.3 Å². The van der Waals surface area contributed by atoms with Gasteiger partial charge in [-0.05, 0) is 0 Å². The first-order valence-electron chi connectivity index (χ1n) is 12.0. The molecule has 0 fully saturated rings. The summed E-state index contributed by atoms with van der Waals surface area (Å²) < 4.78 is 16.2. The number of hydrogen-bond donors (Lipinski definition) is 0. The van der Waals surface area contributed by atoms with Gasteiger partial charge in [0.1, 0.15) is 0 Å². The molecule has 188 valence electrons.